The summed E-state index contributed by atoms with van der Waals surface area (Å²) in [4.78, 5) is 8.51. The normalized spacial score (nSPS) is 17.3. The molecular formula is C17H26F3N5O3S. The monoisotopic (exact) mass is 437 g/mol. The third kappa shape index (κ3) is 5.30. The molecule has 8 nitrogen and oxygen atoms in total. The van der Waals surface area contributed by atoms with Crippen LogP contribution in [0.25, 0.3) is 0 Å². The number of aryl methyl sites for hydroxylation is 1. The Balaban J connectivity index is 1.93. The van der Waals surface area contributed by atoms with E-state index in [1.807, 2.05) is 13.8 Å². The molecule has 29 heavy (non-hydrogen) atoms. The number of pyridine rings is 1. The van der Waals surface area contributed by atoms with Crippen molar-refractivity contribution < 1.29 is 26.3 Å². The summed E-state index contributed by atoms with van der Waals surface area (Å²) in [6.07, 6.45) is 2.20. The zero-order valence-electron chi connectivity index (χ0n) is 16.8. The third-order valence-corrected chi connectivity index (χ3v) is 6.45. The van der Waals surface area contributed by atoms with Crippen molar-refractivity contribution in [2.75, 3.05) is 27.2 Å². The third-order valence-electron chi connectivity index (χ3n) is 4.82. The number of nitrogens with zero attached hydrogens (tertiary/aromatic N) is 3. The highest BCUT2D eigenvalue weighted by atomic mass is 32.2. The lowest BCUT2D eigenvalue weighted by atomic mass is 10.1. The van der Waals surface area contributed by atoms with Crippen LogP contribution in [0, 0.1) is 13.8 Å². The van der Waals surface area contributed by atoms with Crippen LogP contribution in [-0.4, -0.2) is 62.5 Å². The summed E-state index contributed by atoms with van der Waals surface area (Å²) in [5.41, 5.74) is -2.66. The van der Waals surface area contributed by atoms with Gasteiger partial charge in [0.15, 0.2) is 5.96 Å². The number of methoxy groups -OCH3 is 1. The number of hydrogen-bond acceptors (Lipinski definition) is 5. The summed E-state index contributed by atoms with van der Waals surface area (Å²) in [7, 11) is -2.11. The van der Waals surface area contributed by atoms with Gasteiger partial charge in [0, 0.05) is 43.5 Å². The SMILES string of the molecule is CN=C(NCc1ncc(C)c(OC)c1C)NC1CCN(S(=O)(=O)C(F)(F)F)CC1. The molecule has 2 N–H and O–H groups in total. The number of aromatic nitrogens is 1. The Labute approximate surface area is 168 Å². The Morgan fingerprint density at radius 3 is 2.48 bits per heavy atom. The van der Waals surface area contributed by atoms with E-state index in [0.29, 0.717) is 16.8 Å². The minimum atomic E-state index is -5.28. The van der Waals surface area contributed by atoms with Crippen molar-refractivity contribution in [3.63, 3.8) is 0 Å². The highest BCUT2D eigenvalue weighted by Gasteiger charge is 2.50. The fourth-order valence-corrected chi connectivity index (χ4v) is 4.18. The van der Waals surface area contributed by atoms with Crippen LogP contribution in [0.5, 0.6) is 5.75 Å². The molecule has 1 aromatic rings. The summed E-state index contributed by atoms with van der Waals surface area (Å²) in [5, 5.41) is 6.24. The van der Waals surface area contributed by atoms with Gasteiger partial charge in [-0.25, -0.2) is 8.42 Å². The van der Waals surface area contributed by atoms with Crippen LogP contribution in [0.1, 0.15) is 29.7 Å². The molecular weight excluding hydrogens is 411 g/mol. The van der Waals surface area contributed by atoms with Gasteiger partial charge in [-0.15, -0.1) is 0 Å². The number of sulfonamides is 1. The number of alkyl halides is 3. The lowest BCUT2D eigenvalue weighted by Crippen LogP contribution is -2.51. The lowest BCUT2D eigenvalue weighted by Gasteiger charge is -2.32. The molecule has 12 heteroatoms. The maximum atomic E-state index is 12.7. The Kier molecular flexibility index (Phi) is 7.33. The second-order valence-electron chi connectivity index (χ2n) is 6.74. The van der Waals surface area contributed by atoms with Crippen molar-refractivity contribution in [2.45, 2.75) is 44.8 Å². The summed E-state index contributed by atoms with van der Waals surface area (Å²) in [6.45, 7) is 3.78. The predicted molar refractivity (Wildman–Crippen MR) is 103 cm³/mol. The first-order chi connectivity index (χ1) is 13.5. The minimum Gasteiger partial charge on any atom is -0.496 e. The molecule has 1 aliphatic heterocycles. The molecule has 0 amide bonds. The van der Waals surface area contributed by atoms with Gasteiger partial charge in [0.05, 0.1) is 19.3 Å². The van der Waals surface area contributed by atoms with E-state index in [2.05, 4.69) is 20.6 Å². The van der Waals surface area contributed by atoms with Gasteiger partial charge >= 0.3 is 15.5 Å². The number of ether oxygens (including phenoxy) is 1. The van der Waals surface area contributed by atoms with Gasteiger partial charge in [-0.2, -0.15) is 17.5 Å². The van der Waals surface area contributed by atoms with Crippen LogP contribution >= 0.6 is 0 Å². The van der Waals surface area contributed by atoms with Crippen LogP contribution in [0.3, 0.4) is 0 Å². The Morgan fingerprint density at radius 1 is 1.34 bits per heavy atom. The number of piperidine rings is 1. The van der Waals surface area contributed by atoms with Gasteiger partial charge in [-0.1, -0.05) is 0 Å². The van der Waals surface area contributed by atoms with Crippen LogP contribution < -0.4 is 15.4 Å². The Bertz CT molecular complexity index is 851. The van der Waals surface area contributed by atoms with E-state index in [0.717, 1.165) is 22.6 Å². The summed E-state index contributed by atoms with van der Waals surface area (Å²) < 4.78 is 66.8. The van der Waals surface area contributed by atoms with Gasteiger partial charge in [0.2, 0.25) is 0 Å². The standard InChI is InChI=1S/C17H26F3N5O3S/c1-11-9-22-14(12(2)15(11)28-4)10-23-16(21-3)24-13-5-7-25(8-6-13)29(26,27)17(18,19)20/h9,13H,5-8,10H2,1-4H3,(H2,21,23,24). The van der Waals surface area contributed by atoms with Crippen molar-refractivity contribution in [3.8, 4) is 5.75 Å². The topological polar surface area (TPSA) is 95.9 Å². The first-order valence-corrected chi connectivity index (χ1v) is 10.5. The van der Waals surface area contributed by atoms with Gasteiger partial charge in [-0.3, -0.25) is 9.98 Å². The molecule has 1 fully saturated rings. The molecule has 0 aliphatic carbocycles. The largest absolute Gasteiger partial charge is 0.511 e. The van der Waals surface area contributed by atoms with E-state index in [-0.39, 0.29) is 32.0 Å². The highest BCUT2D eigenvalue weighted by Crippen LogP contribution is 2.29. The van der Waals surface area contributed by atoms with E-state index < -0.39 is 15.5 Å². The lowest BCUT2D eigenvalue weighted by molar-refractivity contribution is -0.0494. The summed E-state index contributed by atoms with van der Waals surface area (Å²) in [6, 6.07) is -0.192. The van der Waals surface area contributed by atoms with Crippen molar-refractivity contribution in [2.24, 2.45) is 4.99 Å². The number of aliphatic imine (C=N–C) groups is 1. The molecule has 0 saturated carbocycles. The number of hydrogen-bond donors (Lipinski definition) is 2. The molecule has 0 radical (unpaired) electrons. The van der Waals surface area contributed by atoms with Gasteiger partial charge < -0.3 is 15.4 Å². The van der Waals surface area contributed by atoms with Crippen LogP contribution in [0.4, 0.5) is 13.2 Å². The van der Waals surface area contributed by atoms with Gasteiger partial charge in [0.1, 0.15) is 5.75 Å². The maximum Gasteiger partial charge on any atom is 0.511 e. The van der Waals surface area contributed by atoms with Crippen LogP contribution in [0.15, 0.2) is 11.2 Å². The van der Waals surface area contributed by atoms with E-state index in [4.69, 9.17) is 4.74 Å². The molecule has 2 rings (SSSR count). The molecule has 2 heterocycles. The molecule has 1 saturated heterocycles. The number of halogens is 3. The van der Waals surface area contributed by atoms with Crippen LogP contribution in [-0.2, 0) is 16.6 Å². The second kappa shape index (κ2) is 9.16. The minimum absolute atomic E-state index is 0.192. The highest BCUT2D eigenvalue weighted by molar-refractivity contribution is 7.90. The van der Waals surface area contributed by atoms with Gasteiger partial charge in [0.25, 0.3) is 0 Å². The maximum absolute atomic E-state index is 12.7. The van der Waals surface area contributed by atoms with Crippen molar-refractivity contribution in [1.29, 1.82) is 0 Å². The fraction of sp³-hybridized carbons (Fsp3) is 0.647. The van der Waals surface area contributed by atoms with Gasteiger partial charge in [-0.05, 0) is 26.7 Å². The fourth-order valence-electron chi connectivity index (χ4n) is 3.19. The van der Waals surface area contributed by atoms with Crippen molar-refractivity contribution >= 4 is 16.0 Å². The molecule has 0 bridgehead atoms. The Morgan fingerprint density at radius 2 is 1.97 bits per heavy atom. The van der Waals surface area contributed by atoms with E-state index in [9.17, 15) is 21.6 Å². The molecule has 164 valence electrons. The van der Waals surface area contributed by atoms with E-state index >= 15 is 0 Å². The average molecular weight is 437 g/mol. The van der Waals surface area contributed by atoms with E-state index in [1.54, 1.807) is 20.4 Å². The zero-order chi connectivity index (χ0) is 21.8. The first-order valence-electron chi connectivity index (χ1n) is 9.04. The molecule has 0 spiro atoms. The smallest absolute Gasteiger partial charge is 0.496 e. The number of nitrogens with one attached hydrogen (secondary N) is 2. The number of guanidine groups is 1. The quantitative estimate of drug-likeness (QED) is 0.538. The molecule has 0 unspecified atom stereocenters. The average Bonchev–Trinajstić information content (AvgIpc) is 2.66. The van der Waals surface area contributed by atoms with Crippen molar-refractivity contribution in [1.82, 2.24) is 19.9 Å². The molecule has 0 atom stereocenters. The second-order valence-corrected chi connectivity index (χ2v) is 8.67. The van der Waals surface area contributed by atoms with E-state index in [1.165, 1.54) is 0 Å². The summed E-state index contributed by atoms with van der Waals surface area (Å²) >= 11 is 0. The van der Waals surface area contributed by atoms with Crippen molar-refractivity contribution in [3.05, 3.63) is 23.0 Å². The molecule has 1 aliphatic rings. The molecule has 1 aromatic heterocycles. The van der Waals surface area contributed by atoms with Crippen LogP contribution in [0.2, 0.25) is 0 Å². The summed E-state index contributed by atoms with van der Waals surface area (Å²) in [5.74, 6) is 1.22. The predicted octanol–water partition coefficient (Wildman–Crippen LogP) is 1.69. The Hall–Kier alpha value is -2.08. The molecule has 0 aromatic carbocycles. The zero-order valence-corrected chi connectivity index (χ0v) is 17.6. The number of rotatable bonds is 5. The first kappa shape index (κ1) is 23.2.